The van der Waals surface area contributed by atoms with Crippen LogP contribution < -0.4 is 10.6 Å². The second kappa shape index (κ2) is 7.59. The number of rotatable bonds is 8. The summed E-state index contributed by atoms with van der Waals surface area (Å²) in [5.41, 5.74) is 0. The summed E-state index contributed by atoms with van der Waals surface area (Å²) in [6.45, 7) is 6.31. The van der Waals surface area contributed by atoms with Crippen molar-refractivity contribution in [3.8, 4) is 0 Å². The quantitative estimate of drug-likeness (QED) is 0.755. The minimum atomic E-state index is -0.144. The van der Waals surface area contributed by atoms with Crippen molar-refractivity contribution in [2.45, 2.75) is 45.7 Å². The summed E-state index contributed by atoms with van der Waals surface area (Å²) < 4.78 is 1.88. The molecule has 7 heteroatoms. The molecule has 1 aliphatic rings. The van der Waals surface area contributed by atoms with Gasteiger partial charge < -0.3 is 10.6 Å². The standard InChI is InChI=1S/C16H27N5O2/c1-11(2)18-15(22)9-20(4)10-16(23)19-14-7-8-17-21(14)12(3)13-5-6-13/h7-8,11-13H,5-6,9-10H2,1-4H3,(H,18,22)(H,19,23)/t12-/m0/s1. The van der Waals surface area contributed by atoms with Gasteiger partial charge in [-0.1, -0.05) is 0 Å². The molecule has 1 saturated carbocycles. The maximum absolute atomic E-state index is 12.2. The van der Waals surface area contributed by atoms with E-state index in [0.717, 1.165) is 5.82 Å². The molecule has 7 nitrogen and oxygen atoms in total. The van der Waals surface area contributed by atoms with Crippen molar-refractivity contribution in [3.05, 3.63) is 12.3 Å². The van der Waals surface area contributed by atoms with E-state index in [1.54, 1.807) is 18.1 Å². The van der Waals surface area contributed by atoms with Crippen LogP contribution in [-0.4, -0.2) is 52.7 Å². The molecule has 2 rings (SSSR count). The van der Waals surface area contributed by atoms with Gasteiger partial charge in [-0.25, -0.2) is 4.68 Å². The molecule has 0 radical (unpaired) electrons. The van der Waals surface area contributed by atoms with Crippen LogP contribution in [-0.2, 0) is 9.59 Å². The summed E-state index contributed by atoms with van der Waals surface area (Å²) in [7, 11) is 1.75. The Hall–Kier alpha value is -1.89. The van der Waals surface area contributed by atoms with Gasteiger partial charge in [0.2, 0.25) is 11.8 Å². The van der Waals surface area contributed by atoms with Crippen molar-refractivity contribution in [1.29, 1.82) is 0 Å². The minimum Gasteiger partial charge on any atom is -0.353 e. The topological polar surface area (TPSA) is 79.3 Å². The van der Waals surface area contributed by atoms with Crippen molar-refractivity contribution < 1.29 is 9.59 Å². The number of carbonyl (C=O) groups excluding carboxylic acids is 2. The highest BCUT2D eigenvalue weighted by molar-refractivity contribution is 5.91. The molecule has 0 spiro atoms. The molecule has 2 N–H and O–H groups in total. The zero-order chi connectivity index (χ0) is 17.0. The SMILES string of the molecule is CC(C)NC(=O)CN(C)CC(=O)Nc1ccnn1[C@@H](C)C1CC1. The van der Waals surface area contributed by atoms with Gasteiger partial charge >= 0.3 is 0 Å². The number of aromatic nitrogens is 2. The number of nitrogens with zero attached hydrogens (tertiary/aromatic N) is 3. The van der Waals surface area contributed by atoms with E-state index in [0.29, 0.717) is 12.0 Å². The van der Waals surface area contributed by atoms with Crippen molar-refractivity contribution >= 4 is 17.6 Å². The first-order chi connectivity index (χ1) is 10.9. The number of likely N-dealkylation sites (N-methyl/N-ethyl adjacent to an activating group) is 1. The fourth-order valence-corrected chi connectivity index (χ4v) is 2.61. The number of anilines is 1. The first kappa shape index (κ1) is 17.5. The molecule has 0 aromatic carbocycles. The molecule has 1 fully saturated rings. The van der Waals surface area contributed by atoms with E-state index in [1.165, 1.54) is 12.8 Å². The largest absolute Gasteiger partial charge is 0.353 e. The molecule has 0 unspecified atom stereocenters. The van der Waals surface area contributed by atoms with E-state index in [1.807, 2.05) is 24.6 Å². The molecule has 0 saturated heterocycles. The van der Waals surface area contributed by atoms with Crippen LogP contribution in [0.15, 0.2) is 12.3 Å². The van der Waals surface area contributed by atoms with Crippen molar-refractivity contribution in [1.82, 2.24) is 20.0 Å². The van der Waals surface area contributed by atoms with Gasteiger partial charge in [-0.15, -0.1) is 0 Å². The van der Waals surface area contributed by atoms with E-state index >= 15 is 0 Å². The Morgan fingerprint density at radius 1 is 1.30 bits per heavy atom. The summed E-state index contributed by atoms with van der Waals surface area (Å²) in [5.74, 6) is 1.15. The maximum Gasteiger partial charge on any atom is 0.239 e. The number of carbonyl (C=O) groups is 2. The van der Waals surface area contributed by atoms with Crippen molar-refractivity contribution in [2.75, 3.05) is 25.5 Å². The zero-order valence-electron chi connectivity index (χ0n) is 14.4. The minimum absolute atomic E-state index is 0.0808. The van der Waals surface area contributed by atoms with Crippen LogP contribution in [0.5, 0.6) is 0 Å². The van der Waals surface area contributed by atoms with Gasteiger partial charge in [-0.05, 0) is 46.6 Å². The lowest BCUT2D eigenvalue weighted by Crippen LogP contribution is -2.41. The van der Waals surface area contributed by atoms with Crippen molar-refractivity contribution in [3.63, 3.8) is 0 Å². The molecule has 23 heavy (non-hydrogen) atoms. The molecule has 1 heterocycles. The van der Waals surface area contributed by atoms with Crippen LogP contribution in [0.25, 0.3) is 0 Å². The second-order valence-corrected chi connectivity index (χ2v) is 6.68. The lowest BCUT2D eigenvalue weighted by molar-refractivity contribution is -0.123. The molecule has 128 valence electrons. The van der Waals surface area contributed by atoms with Crippen LogP contribution in [0.4, 0.5) is 5.82 Å². The third-order valence-electron chi connectivity index (χ3n) is 3.90. The average molecular weight is 321 g/mol. The van der Waals surface area contributed by atoms with Crippen LogP contribution in [0.3, 0.4) is 0 Å². The van der Waals surface area contributed by atoms with E-state index in [-0.39, 0.29) is 30.9 Å². The molecule has 1 aromatic heterocycles. The summed E-state index contributed by atoms with van der Waals surface area (Å²) in [4.78, 5) is 25.5. The maximum atomic E-state index is 12.2. The van der Waals surface area contributed by atoms with Gasteiger partial charge in [-0.2, -0.15) is 5.10 Å². The molecule has 1 aliphatic carbocycles. The Balaban J connectivity index is 1.83. The van der Waals surface area contributed by atoms with E-state index in [9.17, 15) is 9.59 Å². The average Bonchev–Trinajstić information content (AvgIpc) is 3.17. The van der Waals surface area contributed by atoms with Gasteiger partial charge in [0.05, 0.1) is 25.3 Å². The third-order valence-corrected chi connectivity index (χ3v) is 3.90. The predicted molar refractivity (Wildman–Crippen MR) is 89.1 cm³/mol. The lowest BCUT2D eigenvalue weighted by Gasteiger charge is -2.18. The van der Waals surface area contributed by atoms with E-state index < -0.39 is 0 Å². The summed E-state index contributed by atoms with van der Waals surface area (Å²) in [6, 6.07) is 2.21. The number of hydrogen-bond acceptors (Lipinski definition) is 4. The molecule has 2 amide bonds. The zero-order valence-corrected chi connectivity index (χ0v) is 14.4. The monoisotopic (exact) mass is 321 g/mol. The molecule has 1 aromatic rings. The van der Waals surface area contributed by atoms with Crippen molar-refractivity contribution in [2.24, 2.45) is 5.92 Å². The fourth-order valence-electron chi connectivity index (χ4n) is 2.61. The van der Waals surface area contributed by atoms with Crippen LogP contribution in [0, 0.1) is 5.92 Å². The molecule has 1 atom stereocenters. The van der Waals surface area contributed by atoms with Gasteiger partial charge in [-0.3, -0.25) is 14.5 Å². The van der Waals surface area contributed by atoms with Gasteiger partial charge in [0.25, 0.3) is 0 Å². The molecule has 0 bridgehead atoms. The van der Waals surface area contributed by atoms with Crippen LogP contribution in [0.2, 0.25) is 0 Å². The normalized spacial score (nSPS) is 15.7. The Bertz CT molecular complexity index is 550. The van der Waals surface area contributed by atoms with E-state index in [2.05, 4.69) is 22.7 Å². The first-order valence-corrected chi connectivity index (χ1v) is 8.18. The van der Waals surface area contributed by atoms with Gasteiger partial charge in [0.1, 0.15) is 5.82 Å². The van der Waals surface area contributed by atoms with E-state index in [4.69, 9.17) is 0 Å². The lowest BCUT2D eigenvalue weighted by atomic mass is 10.2. The number of nitrogens with one attached hydrogen (secondary N) is 2. The third kappa shape index (κ3) is 5.35. The summed E-state index contributed by atoms with van der Waals surface area (Å²) >= 11 is 0. The predicted octanol–water partition coefficient (Wildman–Crippen LogP) is 1.25. The summed E-state index contributed by atoms with van der Waals surface area (Å²) in [6.07, 6.45) is 4.15. The van der Waals surface area contributed by atoms with Crippen LogP contribution >= 0.6 is 0 Å². The Morgan fingerprint density at radius 3 is 2.57 bits per heavy atom. The fraction of sp³-hybridized carbons (Fsp3) is 0.688. The molecular weight excluding hydrogens is 294 g/mol. The highest BCUT2D eigenvalue weighted by atomic mass is 16.2. The molecule has 0 aliphatic heterocycles. The number of amides is 2. The second-order valence-electron chi connectivity index (χ2n) is 6.68. The smallest absolute Gasteiger partial charge is 0.239 e. The van der Waals surface area contributed by atoms with Gasteiger partial charge in [0.15, 0.2) is 0 Å². The highest BCUT2D eigenvalue weighted by Gasteiger charge is 2.30. The van der Waals surface area contributed by atoms with Gasteiger partial charge in [0, 0.05) is 12.1 Å². The number of hydrogen-bond donors (Lipinski definition) is 2. The first-order valence-electron chi connectivity index (χ1n) is 8.18. The highest BCUT2D eigenvalue weighted by Crippen LogP contribution is 2.40. The Labute approximate surface area is 137 Å². The van der Waals surface area contributed by atoms with Crippen LogP contribution in [0.1, 0.15) is 39.7 Å². The molecular formula is C16H27N5O2. The Morgan fingerprint density at radius 2 is 1.96 bits per heavy atom. The Kier molecular flexibility index (Phi) is 5.76. The summed E-state index contributed by atoms with van der Waals surface area (Å²) in [5, 5.41) is 10.0.